The van der Waals surface area contributed by atoms with Crippen molar-refractivity contribution in [3.05, 3.63) is 27.8 Å². The largest absolute Gasteiger partial charge is 0.474 e. The van der Waals surface area contributed by atoms with Gasteiger partial charge in [-0.15, -0.1) is 6.42 Å². The van der Waals surface area contributed by atoms with Gasteiger partial charge in [0.1, 0.15) is 6.61 Å². The van der Waals surface area contributed by atoms with Crippen molar-refractivity contribution < 1.29 is 18.1 Å². The smallest absolute Gasteiger partial charge is 0.312 e. The van der Waals surface area contributed by atoms with Crippen LogP contribution in [0, 0.1) is 29.4 Å². The Morgan fingerprint density at radius 2 is 2.17 bits per heavy atom. The summed E-state index contributed by atoms with van der Waals surface area (Å²) in [6.07, 6.45) is 4.98. The Bertz CT molecular complexity index is 630. The van der Waals surface area contributed by atoms with Crippen LogP contribution in [0.3, 0.4) is 0 Å². The lowest BCUT2D eigenvalue weighted by Gasteiger charge is -2.08. The molecule has 7 nitrogen and oxygen atoms in total. The van der Waals surface area contributed by atoms with Crippen molar-refractivity contribution >= 4 is 15.7 Å². The second kappa shape index (κ2) is 5.03. The highest BCUT2D eigenvalue weighted by molar-refractivity contribution is 7.89. The van der Waals surface area contributed by atoms with E-state index >= 15 is 0 Å². The molecule has 0 unspecified atom stereocenters. The first-order valence-electron chi connectivity index (χ1n) is 4.65. The van der Waals surface area contributed by atoms with Crippen molar-refractivity contribution in [3.63, 3.8) is 0 Å². The molecule has 0 aliphatic rings. The van der Waals surface area contributed by atoms with Crippen molar-refractivity contribution in [1.82, 2.24) is 0 Å². The molecule has 96 valence electrons. The summed E-state index contributed by atoms with van der Waals surface area (Å²) >= 11 is 0. The van der Waals surface area contributed by atoms with Crippen LogP contribution in [0.4, 0.5) is 5.69 Å². The molecule has 0 radical (unpaired) electrons. The Morgan fingerprint density at radius 1 is 1.56 bits per heavy atom. The number of ether oxygens (including phenoxy) is 1. The molecule has 1 aromatic carbocycles. The second-order valence-electron chi connectivity index (χ2n) is 3.38. The Hall–Kier alpha value is -2.11. The quantitative estimate of drug-likeness (QED) is 0.488. The maximum Gasteiger partial charge on any atom is 0.312 e. The summed E-state index contributed by atoms with van der Waals surface area (Å²) in [6.45, 7) is 1.29. The van der Waals surface area contributed by atoms with Gasteiger partial charge in [0.25, 0.3) is 0 Å². The van der Waals surface area contributed by atoms with E-state index in [1.165, 1.54) is 13.0 Å². The molecular weight excluding hydrogens is 260 g/mol. The van der Waals surface area contributed by atoms with E-state index in [1.807, 2.05) is 0 Å². The van der Waals surface area contributed by atoms with Gasteiger partial charge < -0.3 is 4.74 Å². The third-order valence-electron chi connectivity index (χ3n) is 2.07. The summed E-state index contributed by atoms with van der Waals surface area (Å²) in [7, 11) is -4.03. The number of terminal acetylenes is 1. The van der Waals surface area contributed by atoms with Crippen molar-refractivity contribution in [2.45, 2.75) is 11.8 Å². The van der Waals surface area contributed by atoms with E-state index in [-0.39, 0.29) is 22.8 Å². The van der Waals surface area contributed by atoms with Gasteiger partial charge in [-0.1, -0.05) is 5.92 Å². The maximum atomic E-state index is 11.2. The van der Waals surface area contributed by atoms with Crippen LogP contribution in [0.1, 0.15) is 5.56 Å². The molecule has 0 saturated heterocycles. The van der Waals surface area contributed by atoms with Crippen LogP contribution in [-0.2, 0) is 10.0 Å². The zero-order chi connectivity index (χ0) is 13.9. The first kappa shape index (κ1) is 14.0. The highest BCUT2D eigenvalue weighted by atomic mass is 32.2. The van der Waals surface area contributed by atoms with Gasteiger partial charge in [-0.3, -0.25) is 10.1 Å². The minimum absolute atomic E-state index is 0.0946. The lowest BCUT2D eigenvalue weighted by Crippen LogP contribution is -2.14. The second-order valence-corrected chi connectivity index (χ2v) is 4.91. The lowest BCUT2D eigenvalue weighted by atomic mass is 10.2. The maximum absolute atomic E-state index is 11.2. The minimum Gasteiger partial charge on any atom is -0.474 e. The van der Waals surface area contributed by atoms with Crippen molar-refractivity contribution in [1.29, 1.82) is 0 Å². The predicted molar refractivity (Wildman–Crippen MR) is 63.5 cm³/mol. The van der Waals surface area contributed by atoms with Gasteiger partial charge in [0.2, 0.25) is 10.0 Å². The van der Waals surface area contributed by atoms with Crippen molar-refractivity contribution in [2.75, 3.05) is 6.61 Å². The molecule has 0 spiro atoms. The third-order valence-corrected chi connectivity index (χ3v) is 3.12. The number of rotatable bonds is 4. The summed E-state index contributed by atoms with van der Waals surface area (Å²) in [5, 5.41) is 15.8. The first-order valence-corrected chi connectivity index (χ1v) is 6.20. The zero-order valence-electron chi connectivity index (χ0n) is 9.41. The molecular formula is C10H10N2O5S. The van der Waals surface area contributed by atoms with E-state index in [1.54, 1.807) is 0 Å². The molecule has 1 rings (SSSR count). The van der Waals surface area contributed by atoms with Crippen LogP contribution in [0.15, 0.2) is 17.0 Å². The fourth-order valence-corrected chi connectivity index (χ4v) is 2.12. The molecule has 0 bridgehead atoms. The average molecular weight is 270 g/mol. The van der Waals surface area contributed by atoms with E-state index < -0.39 is 20.6 Å². The highest BCUT2D eigenvalue weighted by Gasteiger charge is 2.22. The minimum atomic E-state index is -4.03. The first-order chi connectivity index (χ1) is 8.27. The predicted octanol–water partition coefficient (Wildman–Crippen LogP) is 0.563. The number of benzene rings is 1. The standard InChI is InChI=1S/C10H10N2O5S/c1-3-4-17-9-5-7(2)10(18(11,15)16)6-8(9)12(13)14/h1,5-6H,4H2,2H3,(H2,11,15,16). The zero-order valence-corrected chi connectivity index (χ0v) is 10.2. The Labute approximate surface area is 104 Å². The van der Waals surface area contributed by atoms with E-state index in [0.717, 1.165) is 6.07 Å². The molecule has 0 aliphatic carbocycles. The molecule has 0 fully saturated rings. The summed E-state index contributed by atoms with van der Waals surface area (Å²) in [5.41, 5.74) is -0.255. The number of nitro benzene ring substituents is 1. The molecule has 0 atom stereocenters. The Balaban J connectivity index is 3.45. The molecule has 0 amide bonds. The molecule has 8 heteroatoms. The lowest BCUT2D eigenvalue weighted by molar-refractivity contribution is -0.386. The summed E-state index contributed by atoms with van der Waals surface area (Å²) in [4.78, 5) is 9.73. The molecule has 18 heavy (non-hydrogen) atoms. The number of hydrogen-bond donors (Lipinski definition) is 1. The fraction of sp³-hybridized carbons (Fsp3) is 0.200. The van der Waals surface area contributed by atoms with E-state index in [2.05, 4.69) is 5.92 Å². The van der Waals surface area contributed by atoms with E-state index in [4.69, 9.17) is 16.3 Å². The van der Waals surface area contributed by atoms with Gasteiger partial charge in [0.05, 0.1) is 9.82 Å². The number of primary sulfonamides is 1. The monoisotopic (exact) mass is 270 g/mol. The van der Waals surface area contributed by atoms with Gasteiger partial charge >= 0.3 is 5.69 Å². The number of nitrogens with two attached hydrogens (primary N) is 1. The molecule has 0 aromatic heterocycles. The van der Waals surface area contributed by atoms with E-state index in [9.17, 15) is 18.5 Å². The SMILES string of the molecule is C#CCOc1cc(C)c(S(N)(=O)=O)cc1[N+](=O)[O-]. The molecule has 2 N–H and O–H groups in total. The van der Waals surface area contributed by atoms with Gasteiger partial charge in [-0.2, -0.15) is 0 Å². The van der Waals surface area contributed by atoms with Crippen LogP contribution in [0.25, 0.3) is 0 Å². The van der Waals surface area contributed by atoms with Gasteiger partial charge in [-0.25, -0.2) is 13.6 Å². The molecule has 0 saturated carbocycles. The molecule has 1 aromatic rings. The normalized spacial score (nSPS) is 10.7. The average Bonchev–Trinajstić information content (AvgIpc) is 2.23. The van der Waals surface area contributed by atoms with Crippen molar-refractivity contribution in [2.24, 2.45) is 5.14 Å². The highest BCUT2D eigenvalue weighted by Crippen LogP contribution is 2.31. The van der Waals surface area contributed by atoms with Gasteiger partial charge in [-0.05, 0) is 18.6 Å². The van der Waals surface area contributed by atoms with Crippen LogP contribution in [-0.4, -0.2) is 19.9 Å². The molecule has 0 heterocycles. The molecule has 0 aliphatic heterocycles. The Morgan fingerprint density at radius 3 is 2.61 bits per heavy atom. The number of hydrogen-bond acceptors (Lipinski definition) is 5. The summed E-state index contributed by atoms with van der Waals surface area (Å²) in [5.74, 6) is 2.06. The number of nitrogens with zero attached hydrogens (tertiary/aromatic N) is 1. The fourth-order valence-electron chi connectivity index (χ4n) is 1.34. The number of sulfonamides is 1. The van der Waals surface area contributed by atoms with Crippen molar-refractivity contribution in [3.8, 4) is 18.1 Å². The van der Waals surface area contributed by atoms with Crippen LogP contribution in [0.5, 0.6) is 5.75 Å². The Kier molecular flexibility index (Phi) is 3.90. The van der Waals surface area contributed by atoms with Gasteiger partial charge in [0, 0.05) is 6.07 Å². The van der Waals surface area contributed by atoms with Crippen LogP contribution >= 0.6 is 0 Å². The number of nitro groups is 1. The van der Waals surface area contributed by atoms with Gasteiger partial charge in [0.15, 0.2) is 5.75 Å². The summed E-state index contributed by atoms with van der Waals surface area (Å²) < 4.78 is 27.5. The third kappa shape index (κ3) is 2.97. The van der Waals surface area contributed by atoms with E-state index in [0.29, 0.717) is 0 Å². The summed E-state index contributed by atoms with van der Waals surface area (Å²) in [6, 6.07) is 2.08. The topological polar surface area (TPSA) is 113 Å². The van der Waals surface area contributed by atoms with Crippen LogP contribution in [0.2, 0.25) is 0 Å². The number of aryl methyl sites for hydroxylation is 1. The van der Waals surface area contributed by atoms with Crippen LogP contribution < -0.4 is 9.88 Å².